The maximum absolute atomic E-state index is 3.23. The zero-order chi connectivity index (χ0) is 12.2. The van der Waals surface area contributed by atoms with Gasteiger partial charge in [0.15, 0.2) is 0 Å². The Balaban J connectivity index is 3.36. The van der Waals surface area contributed by atoms with Gasteiger partial charge in [-0.25, -0.2) is 0 Å². The molecule has 0 spiro atoms. The molecule has 0 fully saturated rings. The van der Waals surface area contributed by atoms with Crippen molar-refractivity contribution in [3.63, 3.8) is 0 Å². The van der Waals surface area contributed by atoms with E-state index in [9.17, 15) is 0 Å². The number of nitrogens with one attached hydrogen (secondary N) is 1. The molecule has 0 radical (unpaired) electrons. The lowest BCUT2D eigenvalue weighted by Gasteiger charge is -2.19. The summed E-state index contributed by atoms with van der Waals surface area (Å²) in [5, 5.41) is 3.23. The minimum atomic E-state index is 0.902. The first-order valence-electron chi connectivity index (χ1n) is 7.37. The molecule has 0 aromatic rings. The third kappa shape index (κ3) is 9.21. The molecule has 98 valence electrons. The van der Waals surface area contributed by atoms with E-state index in [2.05, 4.69) is 26.1 Å². The van der Waals surface area contributed by atoms with E-state index in [1.807, 2.05) is 7.05 Å². The van der Waals surface area contributed by atoms with Crippen molar-refractivity contribution in [2.45, 2.75) is 72.1 Å². The van der Waals surface area contributed by atoms with E-state index in [4.69, 9.17) is 0 Å². The molecule has 1 N–H and O–H groups in total. The molecular weight excluding hydrogens is 194 g/mol. The highest BCUT2D eigenvalue weighted by Gasteiger charge is 2.11. The molecule has 0 saturated carbocycles. The maximum atomic E-state index is 3.23. The van der Waals surface area contributed by atoms with Gasteiger partial charge in [0.25, 0.3) is 0 Å². The highest BCUT2D eigenvalue weighted by molar-refractivity contribution is 4.63. The van der Waals surface area contributed by atoms with Crippen molar-refractivity contribution in [1.82, 2.24) is 5.32 Å². The van der Waals surface area contributed by atoms with Gasteiger partial charge in [-0.15, -0.1) is 0 Å². The van der Waals surface area contributed by atoms with Gasteiger partial charge < -0.3 is 5.32 Å². The van der Waals surface area contributed by atoms with E-state index in [-0.39, 0.29) is 0 Å². The predicted molar refractivity (Wildman–Crippen MR) is 74.9 cm³/mol. The largest absolute Gasteiger partial charge is 0.320 e. The molecule has 16 heavy (non-hydrogen) atoms. The normalized spacial score (nSPS) is 15.0. The van der Waals surface area contributed by atoms with Crippen molar-refractivity contribution in [3.05, 3.63) is 0 Å². The van der Waals surface area contributed by atoms with Crippen LogP contribution < -0.4 is 5.32 Å². The van der Waals surface area contributed by atoms with Crippen LogP contribution in [0.5, 0.6) is 0 Å². The molecule has 0 aromatic heterocycles. The van der Waals surface area contributed by atoms with E-state index >= 15 is 0 Å². The summed E-state index contributed by atoms with van der Waals surface area (Å²) in [6, 6.07) is 0. The topological polar surface area (TPSA) is 12.0 Å². The minimum Gasteiger partial charge on any atom is -0.320 e. The molecule has 1 unspecified atom stereocenters. The molecule has 0 heterocycles. The van der Waals surface area contributed by atoms with E-state index in [1.165, 1.54) is 57.9 Å². The second-order valence-corrected chi connectivity index (χ2v) is 5.40. The van der Waals surface area contributed by atoms with Gasteiger partial charge in [-0.1, -0.05) is 59.3 Å². The van der Waals surface area contributed by atoms with Crippen LogP contribution in [0.15, 0.2) is 0 Å². The van der Waals surface area contributed by atoms with Gasteiger partial charge in [-0.2, -0.15) is 0 Å². The minimum absolute atomic E-state index is 0.902. The fourth-order valence-corrected chi connectivity index (χ4v) is 2.24. The fraction of sp³-hybridized carbons (Fsp3) is 1.00. The molecule has 0 saturated heterocycles. The number of hydrogen-bond acceptors (Lipinski definition) is 1. The zero-order valence-electron chi connectivity index (χ0n) is 12.0. The number of hydrogen-bond donors (Lipinski definition) is 1. The molecule has 2 atom stereocenters. The standard InChI is InChI=1S/C15H33N/c1-5-6-7-8-9-11-14(2)15(3)12-10-13-16-4/h14-16H,5-13H2,1-4H3/t14?,15-/m1/s1. The van der Waals surface area contributed by atoms with Gasteiger partial charge in [0, 0.05) is 0 Å². The SMILES string of the molecule is CCCCCCCC(C)[C@H](C)CCCNC. The van der Waals surface area contributed by atoms with Crippen molar-refractivity contribution < 1.29 is 0 Å². The molecule has 1 nitrogen and oxygen atoms in total. The average molecular weight is 227 g/mol. The van der Waals surface area contributed by atoms with Crippen LogP contribution in [0, 0.1) is 11.8 Å². The van der Waals surface area contributed by atoms with Crippen LogP contribution >= 0.6 is 0 Å². The van der Waals surface area contributed by atoms with Gasteiger partial charge in [-0.05, 0) is 38.3 Å². The quantitative estimate of drug-likeness (QED) is 0.508. The van der Waals surface area contributed by atoms with Crippen LogP contribution in [0.2, 0.25) is 0 Å². The monoisotopic (exact) mass is 227 g/mol. The van der Waals surface area contributed by atoms with Gasteiger partial charge in [0.1, 0.15) is 0 Å². The highest BCUT2D eigenvalue weighted by Crippen LogP contribution is 2.22. The lowest BCUT2D eigenvalue weighted by molar-refractivity contribution is 0.325. The molecule has 0 bridgehead atoms. The molecule has 0 aliphatic rings. The van der Waals surface area contributed by atoms with Crippen molar-refractivity contribution in [2.24, 2.45) is 11.8 Å². The maximum Gasteiger partial charge on any atom is -0.00518 e. The van der Waals surface area contributed by atoms with E-state index in [0.29, 0.717) is 0 Å². The third-order valence-electron chi connectivity index (χ3n) is 3.82. The van der Waals surface area contributed by atoms with E-state index in [0.717, 1.165) is 11.8 Å². The first-order chi connectivity index (χ1) is 7.72. The average Bonchev–Trinajstić information content (AvgIpc) is 2.28. The third-order valence-corrected chi connectivity index (χ3v) is 3.82. The fourth-order valence-electron chi connectivity index (χ4n) is 2.24. The van der Waals surface area contributed by atoms with Gasteiger partial charge >= 0.3 is 0 Å². The molecule has 1 heteroatoms. The van der Waals surface area contributed by atoms with Crippen LogP contribution in [0.25, 0.3) is 0 Å². The molecule has 0 rings (SSSR count). The van der Waals surface area contributed by atoms with Crippen LogP contribution in [0.3, 0.4) is 0 Å². The van der Waals surface area contributed by atoms with Crippen molar-refractivity contribution in [1.29, 1.82) is 0 Å². The van der Waals surface area contributed by atoms with Crippen LogP contribution in [0.4, 0.5) is 0 Å². The lowest BCUT2D eigenvalue weighted by atomic mass is 9.87. The first kappa shape index (κ1) is 16.0. The second-order valence-electron chi connectivity index (χ2n) is 5.40. The smallest absolute Gasteiger partial charge is 0.00518 e. The van der Waals surface area contributed by atoms with Crippen LogP contribution in [0.1, 0.15) is 72.1 Å². The Kier molecular flexibility index (Phi) is 11.4. The highest BCUT2D eigenvalue weighted by atomic mass is 14.8. The van der Waals surface area contributed by atoms with Crippen LogP contribution in [-0.4, -0.2) is 13.6 Å². The summed E-state index contributed by atoms with van der Waals surface area (Å²) in [5.41, 5.74) is 0. The summed E-state index contributed by atoms with van der Waals surface area (Å²) < 4.78 is 0. The van der Waals surface area contributed by atoms with E-state index in [1.54, 1.807) is 0 Å². The predicted octanol–water partition coefficient (Wildman–Crippen LogP) is 4.62. The zero-order valence-corrected chi connectivity index (χ0v) is 12.0. The Hall–Kier alpha value is -0.0400. The van der Waals surface area contributed by atoms with Gasteiger partial charge in [-0.3, -0.25) is 0 Å². The Labute approximate surface area is 103 Å². The first-order valence-corrected chi connectivity index (χ1v) is 7.37. The number of unbranched alkanes of at least 4 members (excludes halogenated alkanes) is 4. The summed E-state index contributed by atoms with van der Waals surface area (Å²) in [6.07, 6.45) is 11.3. The summed E-state index contributed by atoms with van der Waals surface area (Å²) in [7, 11) is 2.04. The summed E-state index contributed by atoms with van der Waals surface area (Å²) in [4.78, 5) is 0. The molecule has 0 aromatic carbocycles. The number of rotatable bonds is 11. The van der Waals surface area contributed by atoms with Gasteiger partial charge in [0.2, 0.25) is 0 Å². The summed E-state index contributed by atoms with van der Waals surface area (Å²) in [5.74, 6) is 1.82. The summed E-state index contributed by atoms with van der Waals surface area (Å²) >= 11 is 0. The Bertz CT molecular complexity index is 133. The Morgan fingerprint density at radius 1 is 0.812 bits per heavy atom. The lowest BCUT2D eigenvalue weighted by Crippen LogP contribution is -2.13. The molecule has 0 aliphatic heterocycles. The van der Waals surface area contributed by atoms with Crippen molar-refractivity contribution >= 4 is 0 Å². The second kappa shape index (κ2) is 11.4. The van der Waals surface area contributed by atoms with Gasteiger partial charge in [0.05, 0.1) is 0 Å². The summed E-state index contributed by atoms with van der Waals surface area (Å²) in [6.45, 7) is 8.32. The Morgan fingerprint density at radius 3 is 1.94 bits per heavy atom. The molecule has 0 amide bonds. The van der Waals surface area contributed by atoms with Crippen molar-refractivity contribution in [2.75, 3.05) is 13.6 Å². The van der Waals surface area contributed by atoms with Crippen molar-refractivity contribution in [3.8, 4) is 0 Å². The van der Waals surface area contributed by atoms with Crippen LogP contribution in [-0.2, 0) is 0 Å². The molecule has 0 aliphatic carbocycles. The Morgan fingerprint density at radius 2 is 1.38 bits per heavy atom. The van der Waals surface area contributed by atoms with E-state index < -0.39 is 0 Å². The molecular formula is C15H33N.